The smallest absolute Gasteiger partial charge is 0.337 e. The van der Waals surface area contributed by atoms with Crippen LogP contribution in [0.2, 0.25) is 0 Å². The predicted molar refractivity (Wildman–Crippen MR) is 64.0 cm³/mol. The van der Waals surface area contributed by atoms with Gasteiger partial charge in [0.15, 0.2) is 0 Å². The van der Waals surface area contributed by atoms with Crippen molar-refractivity contribution in [3.8, 4) is 0 Å². The molecule has 1 aromatic heterocycles. The molecule has 0 N–H and O–H groups in total. The predicted octanol–water partition coefficient (Wildman–Crippen LogP) is 2.55. The molecule has 1 fully saturated rings. The van der Waals surface area contributed by atoms with Crippen molar-refractivity contribution in [1.29, 1.82) is 0 Å². The van der Waals surface area contributed by atoms with Crippen molar-refractivity contribution in [3.63, 3.8) is 0 Å². The van der Waals surface area contributed by atoms with Gasteiger partial charge in [-0.25, -0.2) is 4.79 Å². The van der Waals surface area contributed by atoms with Crippen LogP contribution in [0.3, 0.4) is 0 Å². The maximum Gasteiger partial charge on any atom is 0.337 e. The molecule has 2 aromatic rings. The lowest BCUT2D eigenvalue weighted by Crippen LogP contribution is -2.17. The molecule has 0 saturated heterocycles. The van der Waals surface area contributed by atoms with Gasteiger partial charge in [-0.05, 0) is 37.5 Å². The number of ether oxygens (including phenoxy) is 1. The van der Waals surface area contributed by atoms with E-state index in [-0.39, 0.29) is 5.97 Å². The Labute approximate surface area is 99.2 Å². The number of methoxy groups -OCH3 is 1. The maximum absolute atomic E-state index is 11.4. The highest BCUT2D eigenvalue weighted by Crippen LogP contribution is 2.33. The summed E-state index contributed by atoms with van der Waals surface area (Å²) in [6.45, 7) is 0. The molecule has 1 heterocycles. The van der Waals surface area contributed by atoms with Crippen LogP contribution in [0.1, 0.15) is 35.7 Å². The number of carbonyl (C=O) groups is 1. The summed E-state index contributed by atoms with van der Waals surface area (Å²) in [4.78, 5) is 11.4. The maximum atomic E-state index is 11.4. The van der Waals surface area contributed by atoms with Crippen molar-refractivity contribution in [1.82, 2.24) is 9.78 Å². The highest BCUT2D eigenvalue weighted by Gasteiger charge is 2.21. The van der Waals surface area contributed by atoms with Crippen molar-refractivity contribution in [2.75, 3.05) is 7.11 Å². The second-order valence-corrected chi connectivity index (χ2v) is 4.44. The Morgan fingerprint density at radius 1 is 1.47 bits per heavy atom. The molecule has 0 atom stereocenters. The van der Waals surface area contributed by atoms with Gasteiger partial charge in [-0.15, -0.1) is 0 Å². The molecule has 1 saturated carbocycles. The summed E-state index contributed by atoms with van der Waals surface area (Å²) >= 11 is 0. The lowest BCUT2D eigenvalue weighted by molar-refractivity contribution is 0.0601. The van der Waals surface area contributed by atoms with Gasteiger partial charge in [-0.1, -0.05) is 0 Å². The van der Waals surface area contributed by atoms with E-state index < -0.39 is 0 Å². The van der Waals surface area contributed by atoms with E-state index in [1.807, 2.05) is 18.3 Å². The normalized spacial score (nSPS) is 15.8. The zero-order valence-electron chi connectivity index (χ0n) is 9.72. The Balaban J connectivity index is 2.04. The number of hydrogen-bond acceptors (Lipinski definition) is 3. The second-order valence-electron chi connectivity index (χ2n) is 4.44. The molecule has 0 radical (unpaired) electrons. The second kappa shape index (κ2) is 3.87. The Morgan fingerprint density at radius 2 is 2.29 bits per heavy atom. The molecule has 3 rings (SSSR count). The third-order valence-corrected chi connectivity index (χ3v) is 3.44. The number of nitrogens with zero attached hydrogens (tertiary/aromatic N) is 2. The summed E-state index contributed by atoms with van der Waals surface area (Å²) in [6, 6.07) is 6.12. The van der Waals surface area contributed by atoms with Crippen LogP contribution < -0.4 is 0 Å². The van der Waals surface area contributed by atoms with Crippen molar-refractivity contribution in [2.24, 2.45) is 0 Å². The molecule has 0 bridgehead atoms. The average Bonchev–Trinajstić information content (AvgIpc) is 2.69. The van der Waals surface area contributed by atoms with Crippen LogP contribution in [0.25, 0.3) is 10.9 Å². The van der Waals surface area contributed by atoms with Crippen molar-refractivity contribution in [3.05, 3.63) is 30.0 Å². The Morgan fingerprint density at radius 3 is 2.94 bits per heavy atom. The zero-order valence-corrected chi connectivity index (χ0v) is 9.72. The summed E-state index contributed by atoms with van der Waals surface area (Å²) in [5.74, 6) is -0.303. The largest absolute Gasteiger partial charge is 0.465 e. The quantitative estimate of drug-likeness (QED) is 0.745. The van der Waals surface area contributed by atoms with Crippen LogP contribution in [-0.4, -0.2) is 22.9 Å². The standard InChI is InChI=1S/C13H14N2O2/c1-17-13(16)9-5-6-12-10(7-9)8-14-15(12)11-3-2-4-11/h5-8,11H,2-4H2,1H3. The number of aromatic nitrogens is 2. The molecule has 1 aromatic carbocycles. The first-order valence-corrected chi connectivity index (χ1v) is 5.85. The molecule has 1 aliphatic carbocycles. The molecule has 0 unspecified atom stereocenters. The van der Waals surface area contributed by atoms with Gasteiger partial charge in [0.2, 0.25) is 0 Å². The first-order valence-electron chi connectivity index (χ1n) is 5.85. The van der Waals surface area contributed by atoms with Crippen LogP contribution in [0.4, 0.5) is 0 Å². The monoisotopic (exact) mass is 230 g/mol. The highest BCUT2D eigenvalue weighted by molar-refractivity contribution is 5.94. The van der Waals surface area contributed by atoms with E-state index in [1.54, 1.807) is 6.07 Å². The summed E-state index contributed by atoms with van der Waals surface area (Å²) < 4.78 is 6.77. The van der Waals surface area contributed by atoms with Crippen LogP contribution in [0.5, 0.6) is 0 Å². The molecule has 4 heteroatoms. The van der Waals surface area contributed by atoms with E-state index in [4.69, 9.17) is 4.74 Å². The molecular weight excluding hydrogens is 216 g/mol. The van der Waals surface area contributed by atoms with Gasteiger partial charge in [-0.2, -0.15) is 5.10 Å². The molecule has 0 amide bonds. The van der Waals surface area contributed by atoms with Gasteiger partial charge in [0, 0.05) is 5.39 Å². The molecule has 1 aliphatic rings. The van der Waals surface area contributed by atoms with Crippen LogP contribution >= 0.6 is 0 Å². The molecule has 0 spiro atoms. The molecular formula is C13H14N2O2. The van der Waals surface area contributed by atoms with E-state index in [0.717, 1.165) is 10.9 Å². The SMILES string of the molecule is COC(=O)c1ccc2c(cnn2C2CCC2)c1. The van der Waals surface area contributed by atoms with Gasteiger partial charge in [0.05, 0.1) is 30.4 Å². The lowest BCUT2D eigenvalue weighted by atomic mass is 9.93. The molecule has 88 valence electrons. The van der Waals surface area contributed by atoms with Gasteiger partial charge in [-0.3, -0.25) is 4.68 Å². The van der Waals surface area contributed by atoms with Gasteiger partial charge >= 0.3 is 5.97 Å². The van der Waals surface area contributed by atoms with Crippen LogP contribution in [0.15, 0.2) is 24.4 Å². The minimum Gasteiger partial charge on any atom is -0.465 e. The van der Waals surface area contributed by atoms with Gasteiger partial charge < -0.3 is 4.74 Å². The minimum absolute atomic E-state index is 0.303. The fraction of sp³-hybridized carbons (Fsp3) is 0.385. The number of benzene rings is 1. The summed E-state index contributed by atoms with van der Waals surface area (Å²) in [5.41, 5.74) is 1.68. The average molecular weight is 230 g/mol. The Kier molecular flexibility index (Phi) is 2.35. The molecule has 0 aliphatic heterocycles. The van der Waals surface area contributed by atoms with E-state index in [2.05, 4.69) is 9.78 Å². The van der Waals surface area contributed by atoms with E-state index in [0.29, 0.717) is 11.6 Å². The number of hydrogen-bond donors (Lipinski definition) is 0. The number of rotatable bonds is 2. The third-order valence-electron chi connectivity index (χ3n) is 3.44. The summed E-state index contributed by atoms with van der Waals surface area (Å²) in [5, 5.41) is 5.41. The van der Waals surface area contributed by atoms with E-state index >= 15 is 0 Å². The summed E-state index contributed by atoms with van der Waals surface area (Å²) in [6.07, 6.45) is 5.51. The summed E-state index contributed by atoms with van der Waals surface area (Å²) in [7, 11) is 1.39. The van der Waals surface area contributed by atoms with E-state index in [9.17, 15) is 4.79 Å². The fourth-order valence-electron chi connectivity index (χ4n) is 2.22. The zero-order chi connectivity index (χ0) is 11.8. The minimum atomic E-state index is -0.303. The topological polar surface area (TPSA) is 44.1 Å². The number of fused-ring (bicyclic) bond motifs is 1. The van der Waals surface area contributed by atoms with Crippen molar-refractivity contribution >= 4 is 16.9 Å². The third kappa shape index (κ3) is 1.60. The van der Waals surface area contributed by atoms with Crippen molar-refractivity contribution < 1.29 is 9.53 Å². The lowest BCUT2D eigenvalue weighted by Gasteiger charge is -2.26. The first kappa shape index (κ1) is 10.3. The Hall–Kier alpha value is -1.84. The van der Waals surface area contributed by atoms with Crippen LogP contribution in [0, 0.1) is 0 Å². The van der Waals surface area contributed by atoms with Crippen molar-refractivity contribution in [2.45, 2.75) is 25.3 Å². The van der Waals surface area contributed by atoms with E-state index in [1.165, 1.54) is 26.4 Å². The number of esters is 1. The first-order chi connectivity index (χ1) is 8.29. The van der Waals surface area contributed by atoms with Crippen LogP contribution in [-0.2, 0) is 4.74 Å². The molecule has 17 heavy (non-hydrogen) atoms. The van der Waals surface area contributed by atoms with Gasteiger partial charge in [0.25, 0.3) is 0 Å². The Bertz CT molecular complexity index is 570. The molecule has 4 nitrogen and oxygen atoms in total. The highest BCUT2D eigenvalue weighted by atomic mass is 16.5. The number of carbonyl (C=O) groups excluding carboxylic acids is 1. The fourth-order valence-corrected chi connectivity index (χ4v) is 2.22. The van der Waals surface area contributed by atoms with Gasteiger partial charge in [0.1, 0.15) is 0 Å².